The van der Waals surface area contributed by atoms with Gasteiger partial charge in [-0.25, -0.2) is 0 Å². The van der Waals surface area contributed by atoms with Gasteiger partial charge in [-0.1, -0.05) is 6.07 Å². The van der Waals surface area contributed by atoms with Gasteiger partial charge in [-0.3, -0.25) is 4.79 Å². The molecule has 1 aliphatic carbocycles. The van der Waals surface area contributed by atoms with Crippen LogP contribution in [0.15, 0.2) is 18.2 Å². The summed E-state index contributed by atoms with van der Waals surface area (Å²) in [6.07, 6.45) is 4.71. The molecule has 1 N–H and O–H groups in total. The Morgan fingerprint density at radius 3 is 2.87 bits per heavy atom. The van der Waals surface area contributed by atoms with Crippen molar-refractivity contribution in [2.24, 2.45) is 5.92 Å². The predicted molar refractivity (Wildman–Crippen MR) is 89.1 cm³/mol. The molecule has 1 aromatic carbocycles. The van der Waals surface area contributed by atoms with E-state index in [1.165, 1.54) is 12.8 Å². The van der Waals surface area contributed by atoms with E-state index in [1.54, 1.807) is 0 Å². The molecule has 1 saturated heterocycles. The van der Waals surface area contributed by atoms with Crippen LogP contribution in [-0.4, -0.2) is 37.2 Å². The topological polar surface area (TPSA) is 50.8 Å². The van der Waals surface area contributed by atoms with E-state index < -0.39 is 0 Å². The minimum atomic E-state index is 0. The van der Waals surface area contributed by atoms with Gasteiger partial charge >= 0.3 is 0 Å². The normalized spacial score (nSPS) is 22.1. The Balaban J connectivity index is 0.00000156. The van der Waals surface area contributed by atoms with Crippen molar-refractivity contribution in [3.8, 4) is 11.5 Å². The number of fused-ring (bicyclic) bond motifs is 1. The second-order valence-corrected chi connectivity index (χ2v) is 6.43. The lowest BCUT2D eigenvalue weighted by Gasteiger charge is -2.25. The van der Waals surface area contributed by atoms with Gasteiger partial charge in [-0.2, -0.15) is 0 Å². The molecule has 0 radical (unpaired) electrons. The lowest BCUT2D eigenvalue weighted by Crippen LogP contribution is -2.38. The zero-order valence-electron chi connectivity index (χ0n) is 13.1. The highest BCUT2D eigenvalue weighted by Crippen LogP contribution is 2.38. The molecule has 2 aliphatic heterocycles. The molecule has 0 spiro atoms. The largest absolute Gasteiger partial charge is 0.454 e. The molecule has 3 aliphatic rings. The van der Waals surface area contributed by atoms with Crippen molar-refractivity contribution in [1.29, 1.82) is 0 Å². The number of hydrogen-bond donors (Lipinski definition) is 1. The van der Waals surface area contributed by atoms with Gasteiger partial charge in [-0.05, 0) is 55.8 Å². The number of nitrogens with one attached hydrogen (secondary N) is 1. The Labute approximate surface area is 142 Å². The molecular weight excluding hydrogens is 316 g/mol. The van der Waals surface area contributed by atoms with E-state index in [-0.39, 0.29) is 31.1 Å². The summed E-state index contributed by atoms with van der Waals surface area (Å²) >= 11 is 0. The third-order valence-electron chi connectivity index (χ3n) is 4.76. The van der Waals surface area contributed by atoms with Gasteiger partial charge in [0.1, 0.15) is 0 Å². The number of likely N-dealkylation sites (tertiary alicyclic amines) is 1. The van der Waals surface area contributed by atoms with Crippen molar-refractivity contribution in [3.63, 3.8) is 0 Å². The lowest BCUT2D eigenvalue weighted by molar-refractivity contribution is -0.131. The Morgan fingerprint density at radius 1 is 1.22 bits per heavy atom. The quantitative estimate of drug-likeness (QED) is 0.896. The van der Waals surface area contributed by atoms with Crippen LogP contribution in [0.25, 0.3) is 0 Å². The monoisotopic (exact) mass is 338 g/mol. The second-order valence-electron chi connectivity index (χ2n) is 6.43. The van der Waals surface area contributed by atoms with E-state index in [4.69, 9.17) is 9.47 Å². The first-order chi connectivity index (χ1) is 10.8. The zero-order chi connectivity index (χ0) is 14.9. The number of carbonyl (C=O) groups excluding carboxylic acids is 1. The maximum Gasteiger partial charge on any atom is 0.237 e. The molecule has 0 aromatic heterocycles. The number of hydrogen-bond acceptors (Lipinski definition) is 4. The molecule has 1 atom stereocenters. The molecular formula is C17H23ClN2O3. The summed E-state index contributed by atoms with van der Waals surface area (Å²) in [6.45, 7) is 2.58. The van der Waals surface area contributed by atoms with Crippen molar-refractivity contribution in [3.05, 3.63) is 23.8 Å². The molecule has 0 bridgehead atoms. The van der Waals surface area contributed by atoms with Crippen LogP contribution in [0.4, 0.5) is 0 Å². The molecule has 6 heteroatoms. The van der Waals surface area contributed by atoms with Gasteiger partial charge in [0, 0.05) is 6.54 Å². The van der Waals surface area contributed by atoms with Crippen LogP contribution in [0.2, 0.25) is 0 Å². The minimum absolute atomic E-state index is 0. The molecule has 1 amide bonds. The average Bonchev–Trinajstić information content (AvgIpc) is 3.04. The van der Waals surface area contributed by atoms with Crippen molar-refractivity contribution in [1.82, 2.24) is 10.2 Å². The van der Waals surface area contributed by atoms with E-state index in [9.17, 15) is 4.79 Å². The summed E-state index contributed by atoms with van der Waals surface area (Å²) < 4.78 is 10.8. The molecule has 4 rings (SSSR count). The molecule has 23 heavy (non-hydrogen) atoms. The van der Waals surface area contributed by atoms with E-state index in [0.29, 0.717) is 6.54 Å². The zero-order valence-corrected chi connectivity index (χ0v) is 13.9. The first kappa shape index (κ1) is 16.4. The summed E-state index contributed by atoms with van der Waals surface area (Å²) in [6, 6.07) is 6.20. The third kappa shape index (κ3) is 3.56. The van der Waals surface area contributed by atoms with Crippen LogP contribution < -0.4 is 14.8 Å². The van der Waals surface area contributed by atoms with Crippen LogP contribution in [0.3, 0.4) is 0 Å². The van der Waals surface area contributed by atoms with Gasteiger partial charge in [0.2, 0.25) is 12.7 Å². The minimum Gasteiger partial charge on any atom is -0.454 e. The van der Waals surface area contributed by atoms with Gasteiger partial charge in [0.05, 0.1) is 12.6 Å². The van der Waals surface area contributed by atoms with E-state index in [0.717, 1.165) is 48.9 Å². The van der Waals surface area contributed by atoms with Crippen LogP contribution in [-0.2, 0) is 4.79 Å². The Morgan fingerprint density at radius 2 is 2.04 bits per heavy atom. The highest BCUT2D eigenvalue weighted by molar-refractivity contribution is 5.85. The average molecular weight is 339 g/mol. The molecule has 1 saturated carbocycles. The number of benzene rings is 1. The number of amides is 1. The Hall–Kier alpha value is -1.46. The van der Waals surface area contributed by atoms with Crippen molar-refractivity contribution >= 4 is 18.3 Å². The number of carbonyl (C=O) groups is 1. The molecule has 2 heterocycles. The number of rotatable bonds is 5. The fourth-order valence-electron chi connectivity index (χ4n) is 3.34. The standard InChI is InChI=1S/C17H22N2O3.ClH/c20-17(10-18-9-12-3-4-12)19-7-1-2-14(19)13-5-6-15-16(8-13)22-11-21-15;/h5-6,8,12,14,18H,1-4,7,9-11H2;1H. The highest BCUT2D eigenvalue weighted by Gasteiger charge is 2.31. The van der Waals surface area contributed by atoms with E-state index in [2.05, 4.69) is 11.4 Å². The van der Waals surface area contributed by atoms with Crippen LogP contribution in [0, 0.1) is 5.92 Å². The fourth-order valence-corrected chi connectivity index (χ4v) is 3.34. The van der Waals surface area contributed by atoms with Crippen LogP contribution in [0.5, 0.6) is 11.5 Å². The molecule has 2 fully saturated rings. The van der Waals surface area contributed by atoms with Crippen LogP contribution >= 0.6 is 12.4 Å². The van der Waals surface area contributed by atoms with Crippen molar-refractivity contribution < 1.29 is 14.3 Å². The summed E-state index contributed by atoms with van der Waals surface area (Å²) in [5, 5.41) is 3.30. The maximum absolute atomic E-state index is 12.5. The van der Waals surface area contributed by atoms with Gasteiger partial charge in [-0.15, -0.1) is 12.4 Å². The first-order valence-electron chi connectivity index (χ1n) is 8.21. The van der Waals surface area contributed by atoms with Crippen LogP contribution in [0.1, 0.15) is 37.3 Å². The van der Waals surface area contributed by atoms with Gasteiger partial charge < -0.3 is 19.7 Å². The molecule has 1 aromatic rings. The van der Waals surface area contributed by atoms with E-state index in [1.807, 2.05) is 17.0 Å². The molecule has 5 nitrogen and oxygen atoms in total. The van der Waals surface area contributed by atoms with Crippen molar-refractivity contribution in [2.75, 3.05) is 26.4 Å². The summed E-state index contributed by atoms with van der Waals surface area (Å²) in [5.74, 6) is 2.60. The smallest absolute Gasteiger partial charge is 0.237 e. The maximum atomic E-state index is 12.5. The second kappa shape index (κ2) is 6.97. The van der Waals surface area contributed by atoms with E-state index >= 15 is 0 Å². The summed E-state index contributed by atoms with van der Waals surface area (Å²) in [5.41, 5.74) is 1.15. The molecule has 126 valence electrons. The number of ether oxygens (including phenoxy) is 2. The fraction of sp³-hybridized carbons (Fsp3) is 0.588. The summed E-state index contributed by atoms with van der Waals surface area (Å²) in [7, 11) is 0. The predicted octanol–water partition coefficient (Wildman–Crippen LogP) is 2.50. The summed E-state index contributed by atoms with van der Waals surface area (Å²) in [4.78, 5) is 14.5. The number of halogens is 1. The highest BCUT2D eigenvalue weighted by atomic mass is 35.5. The molecule has 1 unspecified atom stereocenters. The van der Waals surface area contributed by atoms with Gasteiger partial charge in [0.15, 0.2) is 11.5 Å². The number of nitrogens with zero attached hydrogens (tertiary/aromatic N) is 1. The lowest BCUT2D eigenvalue weighted by atomic mass is 10.0. The Kier molecular flexibility index (Phi) is 4.97. The first-order valence-corrected chi connectivity index (χ1v) is 8.21. The van der Waals surface area contributed by atoms with Crippen molar-refractivity contribution in [2.45, 2.75) is 31.7 Å². The SMILES string of the molecule is Cl.O=C(CNCC1CC1)N1CCCC1c1ccc2c(c1)OCO2. The Bertz CT molecular complexity index is 577. The third-order valence-corrected chi connectivity index (χ3v) is 4.76. The van der Waals surface area contributed by atoms with Gasteiger partial charge in [0.25, 0.3) is 0 Å².